The molecule has 4 nitrogen and oxygen atoms in total. The van der Waals surface area contributed by atoms with Crippen LogP contribution in [0, 0.1) is 0 Å². The van der Waals surface area contributed by atoms with Crippen molar-refractivity contribution in [2.75, 3.05) is 13.1 Å². The summed E-state index contributed by atoms with van der Waals surface area (Å²) in [6.07, 6.45) is 6.31. The molecule has 2 aliphatic rings. The van der Waals surface area contributed by atoms with Gasteiger partial charge in [0.1, 0.15) is 5.54 Å². The zero-order valence-electron chi connectivity index (χ0n) is 11.6. The molecular formula is C14H26N2O2. The highest BCUT2D eigenvalue weighted by molar-refractivity contribution is 5.79. The molecule has 2 aliphatic carbocycles. The topological polar surface area (TPSA) is 52.6 Å². The van der Waals surface area contributed by atoms with Crippen molar-refractivity contribution in [1.82, 2.24) is 10.2 Å². The average Bonchev–Trinajstić information content (AvgIpc) is 3.15. The lowest BCUT2D eigenvalue weighted by Gasteiger charge is -2.42. The van der Waals surface area contributed by atoms with Gasteiger partial charge in [-0.15, -0.1) is 0 Å². The zero-order chi connectivity index (χ0) is 13.2. The number of likely N-dealkylation sites (N-methyl/N-ethyl adjacent to an activating group) is 1. The first kappa shape index (κ1) is 13.8. The van der Waals surface area contributed by atoms with E-state index in [-0.39, 0.29) is 0 Å². The number of hydrogen-bond donors (Lipinski definition) is 2. The van der Waals surface area contributed by atoms with Crippen molar-refractivity contribution in [3.63, 3.8) is 0 Å². The highest BCUT2D eigenvalue weighted by Gasteiger charge is 2.45. The summed E-state index contributed by atoms with van der Waals surface area (Å²) in [6, 6.07) is 1.18. The van der Waals surface area contributed by atoms with Gasteiger partial charge in [0.25, 0.3) is 0 Å². The number of carboxylic acids is 1. The summed E-state index contributed by atoms with van der Waals surface area (Å²) in [6.45, 7) is 5.97. The van der Waals surface area contributed by atoms with Gasteiger partial charge in [0.15, 0.2) is 0 Å². The summed E-state index contributed by atoms with van der Waals surface area (Å²) in [4.78, 5) is 14.2. The lowest BCUT2D eigenvalue weighted by Crippen LogP contribution is -2.58. The fourth-order valence-corrected chi connectivity index (χ4v) is 3.52. The Morgan fingerprint density at radius 2 is 2.06 bits per heavy atom. The van der Waals surface area contributed by atoms with Gasteiger partial charge in [-0.3, -0.25) is 9.69 Å². The second kappa shape index (κ2) is 5.57. The van der Waals surface area contributed by atoms with E-state index in [1.165, 1.54) is 12.8 Å². The van der Waals surface area contributed by atoms with Crippen molar-refractivity contribution in [3.8, 4) is 0 Å². The molecule has 2 fully saturated rings. The molecule has 2 atom stereocenters. The maximum atomic E-state index is 11.6. The van der Waals surface area contributed by atoms with Crippen molar-refractivity contribution >= 4 is 5.97 Å². The molecule has 0 saturated heterocycles. The Morgan fingerprint density at radius 1 is 1.33 bits per heavy atom. The summed E-state index contributed by atoms with van der Waals surface area (Å²) >= 11 is 0. The molecule has 2 rings (SSSR count). The normalized spacial score (nSPS) is 32.7. The van der Waals surface area contributed by atoms with Gasteiger partial charge in [0.2, 0.25) is 0 Å². The van der Waals surface area contributed by atoms with Crippen LogP contribution in [0.2, 0.25) is 0 Å². The molecule has 18 heavy (non-hydrogen) atoms. The molecule has 0 aromatic heterocycles. The SMILES string of the molecule is CCNC1(C(=O)O)CCCC(N(CC)C2CC2)C1. The third-order valence-electron chi connectivity index (χ3n) is 4.50. The zero-order valence-corrected chi connectivity index (χ0v) is 11.6. The van der Waals surface area contributed by atoms with E-state index in [9.17, 15) is 9.90 Å². The first-order chi connectivity index (χ1) is 8.63. The largest absolute Gasteiger partial charge is 0.480 e. The van der Waals surface area contributed by atoms with Crippen LogP contribution in [0.25, 0.3) is 0 Å². The van der Waals surface area contributed by atoms with Gasteiger partial charge in [-0.2, -0.15) is 0 Å². The van der Waals surface area contributed by atoms with Gasteiger partial charge in [0, 0.05) is 12.1 Å². The lowest BCUT2D eigenvalue weighted by atomic mass is 9.78. The molecule has 0 amide bonds. The number of rotatable bonds is 6. The van der Waals surface area contributed by atoms with E-state index in [1.807, 2.05) is 6.92 Å². The van der Waals surface area contributed by atoms with Crippen LogP contribution in [0.5, 0.6) is 0 Å². The highest BCUT2D eigenvalue weighted by Crippen LogP contribution is 2.37. The molecule has 0 radical (unpaired) electrons. The fourth-order valence-electron chi connectivity index (χ4n) is 3.52. The first-order valence-corrected chi connectivity index (χ1v) is 7.37. The van der Waals surface area contributed by atoms with Crippen molar-refractivity contribution in [2.24, 2.45) is 0 Å². The molecule has 104 valence electrons. The van der Waals surface area contributed by atoms with Gasteiger partial charge in [-0.25, -0.2) is 0 Å². The van der Waals surface area contributed by atoms with Gasteiger partial charge < -0.3 is 10.4 Å². The second-order valence-corrected chi connectivity index (χ2v) is 5.73. The van der Waals surface area contributed by atoms with Gasteiger partial charge in [0.05, 0.1) is 0 Å². The fraction of sp³-hybridized carbons (Fsp3) is 0.929. The molecule has 0 aromatic carbocycles. The number of carbonyl (C=O) groups is 1. The Morgan fingerprint density at radius 3 is 2.56 bits per heavy atom. The number of aliphatic carboxylic acids is 1. The van der Waals surface area contributed by atoms with Crippen molar-refractivity contribution in [1.29, 1.82) is 0 Å². The molecule has 0 heterocycles. The van der Waals surface area contributed by atoms with E-state index >= 15 is 0 Å². The minimum Gasteiger partial charge on any atom is -0.480 e. The van der Waals surface area contributed by atoms with Gasteiger partial charge in [-0.1, -0.05) is 13.8 Å². The summed E-state index contributed by atoms with van der Waals surface area (Å²) in [5, 5.41) is 12.8. The Bertz CT molecular complexity index is 300. The smallest absolute Gasteiger partial charge is 0.323 e. The maximum Gasteiger partial charge on any atom is 0.323 e. The number of nitrogens with one attached hydrogen (secondary N) is 1. The molecule has 0 aromatic rings. The van der Waals surface area contributed by atoms with Gasteiger partial charge >= 0.3 is 5.97 Å². The van der Waals surface area contributed by atoms with Crippen LogP contribution >= 0.6 is 0 Å². The average molecular weight is 254 g/mol. The van der Waals surface area contributed by atoms with E-state index in [0.29, 0.717) is 6.04 Å². The second-order valence-electron chi connectivity index (χ2n) is 5.73. The van der Waals surface area contributed by atoms with Crippen LogP contribution in [0.4, 0.5) is 0 Å². The van der Waals surface area contributed by atoms with Crippen LogP contribution in [0.1, 0.15) is 52.4 Å². The molecular weight excluding hydrogens is 228 g/mol. The Hall–Kier alpha value is -0.610. The lowest BCUT2D eigenvalue weighted by molar-refractivity contribution is -0.147. The summed E-state index contributed by atoms with van der Waals surface area (Å²) in [7, 11) is 0. The first-order valence-electron chi connectivity index (χ1n) is 7.37. The third kappa shape index (κ3) is 2.69. The van der Waals surface area contributed by atoms with Crippen molar-refractivity contribution in [3.05, 3.63) is 0 Å². The van der Waals surface area contributed by atoms with E-state index in [2.05, 4.69) is 17.1 Å². The van der Waals surface area contributed by atoms with Crippen molar-refractivity contribution in [2.45, 2.75) is 70.0 Å². The standard InChI is InChI=1S/C14H26N2O2/c1-3-15-14(13(17)18)9-5-6-12(10-14)16(4-2)11-7-8-11/h11-12,15H,3-10H2,1-2H3,(H,17,18). The molecule has 2 N–H and O–H groups in total. The highest BCUT2D eigenvalue weighted by atomic mass is 16.4. The summed E-state index contributed by atoms with van der Waals surface area (Å²) in [5.74, 6) is -0.666. The van der Waals surface area contributed by atoms with E-state index in [4.69, 9.17) is 0 Å². The van der Waals surface area contributed by atoms with Gasteiger partial charge in [-0.05, 0) is 51.6 Å². The van der Waals surface area contributed by atoms with E-state index in [1.54, 1.807) is 0 Å². The molecule has 0 spiro atoms. The molecule has 0 aliphatic heterocycles. The Balaban J connectivity index is 2.07. The molecule has 4 heteroatoms. The van der Waals surface area contributed by atoms with Crippen LogP contribution in [0.15, 0.2) is 0 Å². The van der Waals surface area contributed by atoms with Crippen LogP contribution in [-0.4, -0.2) is 46.7 Å². The maximum absolute atomic E-state index is 11.6. The van der Waals surface area contributed by atoms with Crippen LogP contribution < -0.4 is 5.32 Å². The predicted octanol–water partition coefficient (Wildman–Crippen LogP) is 1.85. The minimum atomic E-state index is -0.681. The monoisotopic (exact) mass is 254 g/mol. The Kier molecular flexibility index (Phi) is 4.28. The number of nitrogens with zero attached hydrogens (tertiary/aromatic N) is 1. The van der Waals surface area contributed by atoms with E-state index < -0.39 is 11.5 Å². The van der Waals surface area contributed by atoms with Crippen LogP contribution in [-0.2, 0) is 4.79 Å². The molecule has 2 saturated carbocycles. The number of hydrogen-bond acceptors (Lipinski definition) is 3. The third-order valence-corrected chi connectivity index (χ3v) is 4.50. The number of carboxylic acid groups (broad SMARTS) is 1. The molecule has 2 unspecified atom stereocenters. The summed E-state index contributed by atoms with van der Waals surface area (Å²) < 4.78 is 0. The van der Waals surface area contributed by atoms with Crippen molar-refractivity contribution < 1.29 is 9.90 Å². The Labute approximate surface area is 110 Å². The summed E-state index contributed by atoms with van der Waals surface area (Å²) in [5.41, 5.74) is -0.681. The van der Waals surface area contributed by atoms with Crippen LogP contribution in [0.3, 0.4) is 0 Å². The molecule has 0 bridgehead atoms. The predicted molar refractivity (Wildman–Crippen MR) is 71.7 cm³/mol. The quantitative estimate of drug-likeness (QED) is 0.759. The minimum absolute atomic E-state index is 0.450. The van der Waals surface area contributed by atoms with E-state index in [0.717, 1.165) is 44.8 Å².